The Morgan fingerprint density at radius 3 is 2.52 bits per heavy atom. The monoisotopic (exact) mass is 304 g/mol. The predicted molar refractivity (Wildman–Crippen MR) is 95.9 cm³/mol. The normalized spacial score (nSPS) is 10.7. The summed E-state index contributed by atoms with van der Waals surface area (Å²) in [4.78, 5) is 8.71. The van der Waals surface area contributed by atoms with Crippen LogP contribution in [0.1, 0.15) is 23.6 Å². The van der Waals surface area contributed by atoms with Gasteiger partial charge < -0.3 is 11.1 Å². The van der Waals surface area contributed by atoms with Crippen molar-refractivity contribution in [2.45, 2.75) is 19.9 Å². The Balaban J connectivity index is 1.88. The molecular weight excluding hydrogens is 284 g/mol. The van der Waals surface area contributed by atoms with Crippen LogP contribution in [0.4, 0.5) is 5.82 Å². The highest BCUT2D eigenvalue weighted by atomic mass is 15.0. The number of nitrogens with one attached hydrogen (secondary N) is 1. The summed E-state index contributed by atoms with van der Waals surface area (Å²) in [6.45, 7) is 6.68. The second-order valence-electron chi connectivity index (χ2n) is 5.47. The third-order valence-corrected chi connectivity index (χ3v) is 3.90. The molecule has 1 heterocycles. The minimum absolute atomic E-state index is 0.510. The fraction of sp³-hybridized carbons (Fsp3) is 0.158. The first kappa shape index (κ1) is 15.0. The molecule has 0 aliphatic carbocycles. The van der Waals surface area contributed by atoms with Gasteiger partial charge in [0.25, 0.3) is 0 Å². The topological polar surface area (TPSA) is 63.8 Å². The Kier molecular flexibility index (Phi) is 4.24. The number of hydrogen-bond acceptors (Lipinski definition) is 4. The van der Waals surface area contributed by atoms with Crippen LogP contribution in [0.5, 0.6) is 0 Å². The van der Waals surface area contributed by atoms with Gasteiger partial charge in [-0.05, 0) is 23.6 Å². The third kappa shape index (κ3) is 3.16. The van der Waals surface area contributed by atoms with Crippen LogP contribution in [0.3, 0.4) is 0 Å². The fourth-order valence-electron chi connectivity index (χ4n) is 2.57. The van der Waals surface area contributed by atoms with Gasteiger partial charge in [0.05, 0.1) is 5.52 Å². The van der Waals surface area contributed by atoms with Crippen molar-refractivity contribution in [1.29, 1.82) is 0 Å². The van der Waals surface area contributed by atoms with Gasteiger partial charge in [-0.3, -0.25) is 0 Å². The summed E-state index contributed by atoms with van der Waals surface area (Å²) in [6, 6.07) is 14.5. The smallest absolute Gasteiger partial charge is 0.137 e. The van der Waals surface area contributed by atoms with E-state index in [9.17, 15) is 0 Å². The van der Waals surface area contributed by atoms with Crippen molar-refractivity contribution < 1.29 is 0 Å². The number of rotatable bonds is 5. The van der Waals surface area contributed by atoms with E-state index in [4.69, 9.17) is 5.73 Å². The van der Waals surface area contributed by atoms with Crippen LogP contribution in [-0.4, -0.2) is 9.97 Å². The summed E-state index contributed by atoms with van der Waals surface area (Å²) < 4.78 is 0. The van der Waals surface area contributed by atoms with Crippen molar-refractivity contribution in [3.05, 3.63) is 72.1 Å². The quantitative estimate of drug-likeness (QED) is 0.754. The van der Waals surface area contributed by atoms with E-state index in [0.717, 1.165) is 28.7 Å². The molecule has 2 aromatic carbocycles. The van der Waals surface area contributed by atoms with Gasteiger partial charge >= 0.3 is 0 Å². The Morgan fingerprint density at radius 2 is 1.83 bits per heavy atom. The van der Waals surface area contributed by atoms with E-state index < -0.39 is 0 Å². The highest BCUT2D eigenvalue weighted by Crippen LogP contribution is 2.24. The van der Waals surface area contributed by atoms with Crippen molar-refractivity contribution in [1.82, 2.24) is 9.97 Å². The number of nitrogens with two attached hydrogens (primary N) is 1. The molecule has 0 unspecified atom stereocenters. The highest BCUT2D eigenvalue weighted by molar-refractivity contribution is 5.95. The van der Waals surface area contributed by atoms with E-state index in [0.29, 0.717) is 12.2 Å². The number of para-hydroxylation sites is 1. The SMILES string of the molecule is C=C(N)c1cccc2c(NCc3ccc(CC)cc3)ncnc12. The van der Waals surface area contributed by atoms with E-state index in [2.05, 4.69) is 53.1 Å². The largest absolute Gasteiger partial charge is 0.399 e. The number of fused-ring (bicyclic) bond motifs is 1. The van der Waals surface area contributed by atoms with E-state index in [1.165, 1.54) is 11.1 Å². The standard InChI is InChI=1S/C19H20N4/c1-3-14-7-9-15(10-8-14)11-21-19-17-6-4-5-16(13(2)20)18(17)22-12-23-19/h4-10,12H,2-3,11,20H2,1H3,(H,21,22,23). The molecule has 0 atom stereocenters. The molecule has 4 nitrogen and oxygen atoms in total. The van der Waals surface area contributed by atoms with Gasteiger partial charge in [0.1, 0.15) is 12.1 Å². The molecule has 0 radical (unpaired) electrons. The maximum absolute atomic E-state index is 5.85. The summed E-state index contributed by atoms with van der Waals surface area (Å²) in [5.41, 5.74) is 10.6. The first-order chi connectivity index (χ1) is 11.2. The molecule has 0 aliphatic rings. The van der Waals surface area contributed by atoms with Crippen LogP contribution in [0, 0.1) is 0 Å². The summed E-state index contributed by atoms with van der Waals surface area (Å²) in [6.07, 6.45) is 2.60. The van der Waals surface area contributed by atoms with Gasteiger partial charge in [0, 0.05) is 23.2 Å². The first-order valence-corrected chi connectivity index (χ1v) is 7.69. The Labute approximate surface area is 136 Å². The number of aromatic nitrogens is 2. The molecule has 0 spiro atoms. The summed E-state index contributed by atoms with van der Waals surface area (Å²) in [5, 5.41) is 4.33. The van der Waals surface area contributed by atoms with Gasteiger partial charge in [-0.2, -0.15) is 0 Å². The van der Waals surface area contributed by atoms with Gasteiger partial charge in [-0.15, -0.1) is 0 Å². The molecule has 0 fully saturated rings. The van der Waals surface area contributed by atoms with E-state index in [1.54, 1.807) is 6.33 Å². The van der Waals surface area contributed by atoms with E-state index >= 15 is 0 Å². The highest BCUT2D eigenvalue weighted by Gasteiger charge is 2.08. The molecule has 4 heteroatoms. The van der Waals surface area contributed by atoms with Crippen molar-refractivity contribution >= 4 is 22.4 Å². The minimum atomic E-state index is 0.510. The Hall–Kier alpha value is -2.88. The van der Waals surface area contributed by atoms with Crippen molar-refractivity contribution in [3.8, 4) is 0 Å². The maximum atomic E-state index is 5.85. The molecule has 23 heavy (non-hydrogen) atoms. The van der Waals surface area contributed by atoms with Crippen molar-refractivity contribution in [2.24, 2.45) is 5.73 Å². The maximum Gasteiger partial charge on any atom is 0.137 e. The van der Waals surface area contributed by atoms with Crippen molar-refractivity contribution in [3.63, 3.8) is 0 Å². The van der Waals surface area contributed by atoms with E-state index in [1.807, 2.05) is 18.2 Å². The Morgan fingerprint density at radius 1 is 1.09 bits per heavy atom. The average Bonchev–Trinajstić information content (AvgIpc) is 2.59. The number of anilines is 1. The third-order valence-electron chi connectivity index (χ3n) is 3.90. The van der Waals surface area contributed by atoms with Gasteiger partial charge in [-0.25, -0.2) is 9.97 Å². The summed E-state index contributed by atoms with van der Waals surface area (Å²) >= 11 is 0. The molecule has 1 aromatic heterocycles. The Bertz CT molecular complexity index is 838. The van der Waals surface area contributed by atoms with Crippen molar-refractivity contribution in [2.75, 3.05) is 5.32 Å². The molecule has 0 saturated carbocycles. The number of aryl methyl sites for hydroxylation is 1. The molecule has 0 bridgehead atoms. The molecular formula is C19H20N4. The molecule has 0 saturated heterocycles. The molecule has 0 aliphatic heterocycles. The zero-order chi connectivity index (χ0) is 16.2. The lowest BCUT2D eigenvalue weighted by Crippen LogP contribution is -2.04. The van der Waals surface area contributed by atoms with Crippen LogP contribution in [0.2, 0.25) is 0 Å². The lowest BCUT2D eigenvalue weighted by Gasteiger charge is -2.11. The average molecular weight is 304 g/mol. The number of hydrogen-bond donors (Lipinski definition) is 2. The minimum Gasteiger partial charge on any atom is -0.399 e. The lowest BCUT2D eigenvalue weighted by atomic mass is 10.1. The lowest BCUT2D eigenvalue weighted by molar-refractivity contribution is 1.08. The van der Waals surface area contributed by atoms with E-state index in [-0.39, 0.29) is 0 Å². The summed E-state index contributed by atoms with van der Waals surface area (Å²) in [5.74, 6) is 0.803. The van der Waals surface area contributed by atoms with Crippen LogP contribution >= 0.6 is 0 Å². The zero-order valence-corrected chi connectivity index (χ0v) is 13.2. The number of benzene rings is 2. The van der Waals surface area contributed by atoms with Crippen LogP contribution in [0.15, 0.2) is 55.4 Å². The fourth-order valence-corrected chi connectivity index (χ4v) is 2.57. The van der Waals surface area contributed by atoms with Gasteiger partial charge in [0.2, 0.25) is 0 Å². The van der Waals surface area contributed by atoms with Gasteiger partial charge in [-0.1, -0.05) is 49.9 Å². The second-order valence-corrected chi connectivity index (χ2v) is 5.47. The number of nitrogens with zero attached hydrogens (tertiary/aromatic N) is 2. The first-order valence-electron chi connectivity index (χ1n) is 7.69. The predicted octanol–water partition coefficient (Wildman–Crippen LogP) is 3.73. The van der Waals surface area contributed by atoms with Crippen LogP contribution < -0.4 is 11.1 Å². The van der Waals surface area contributed by atoms with Crippen LogP contribution in [-0.2, 0) is 13.0 Å². The molecule has 3 N–H and O–H groups in total. The molecule has 3 aromatic rings. The molecule has 0 amide bonds. The summed E-state index contributed by atoms with van der Waals surface area (Å²) in [7, 11) is 0. The van der Waals surface area contributed by atoms with Crippen LogP contribution in [0.25, 0.3) is 16.6 Å². The molecule has 3 rings (SSSR count). The van der Waals surface area contributed by atoms with Gasteiger partial charge in [0.15, 0.2) is 0 Å². The second kappa shape index (κ2) is 6.48. The zero-order valence-electron chi connectivity index (χ0n) is 13.2. The molecule has 116 valence electrons.